The standard InChI is InChI=1S/C22H18Br2N2O3/c23-14-5-7-17(18(24)10-14)21-8-6-15(29-21)12-26-20(22(27)28)9-13-11-25-19-4-2-1-3-16(13)19/h1-8,10-11,20,25-26H,9,12H2,(H,27,28)/t20-/m1/s1. The smallest absolute Gasteiger partial charge is 0.321 e. The largest absolute Gasteiger partial charge is 0.480 e. The van der Waals surface area contributed by atoms with Gasteiger partial charge in [-0.1, -0.05) is 34.1 Å². The summed E-state index contributed by atoms with van der Waals surface area (Å²) < 4.78 is 7.81. The number of furan rings is 1. The number of aliphatic carboxylic acids is 1. The third-order valence-corrected chi connectivity index (χ3v) is 5.93. The quantitative estimate of drug-likeness (QED) is 0.292. The molecule has 1 atom stereocenters. The lowest BCUT2D eigenvalue weighted by molar-refractivity contribution is -0.139. The van der Waals surface area contributed by atoms with Crippen molar-refractivity contribution in [2.75, 3.05) is 0 Å². The topological polar surface area (TPSA) is 78.3 Å². The molecule has 0 radical (unpaired) electrons. The maximum Gasteiger partial charge on any atom is 0.321 e. The van der Waals surface area contributed by atoms with Crippen LogP contribution in [0.3, 0.4) is 0 Å². The summed E-state index contributed by atoms with van der Waals surface area (Å²) in [7, 11) is 0. The molecule has 3 N–H and O–H groups in total. The van der Waals surface area contributed by atoms with Crippen LogP contribution in [-0.4, -0.2) is 22.1 Å². The Balaban J connectivity index is 1.46. The van der Waals surface area contributed by atoms with E-state index in [2.05, 4.69) is 42.2 Å². The molecule has 0 saturated heterocycles. The molecule has 148 valence electrons. The third kappa shape index (κ3) is 4.47. The van der Waals surface area contributed by atoms with Crippen molar-refractivity contribution in [3.63, 3.8) is 0 Å². The van der Waals surface area contributed by atoms with Gasteiger partial charge < -0.3 is 14.5 Å². The first-order valence-corrected chi connectivity index (χ1v) is 10.6. The molecule has 0 saturated carbocycles. The molecule has 0 spiro atoms. The van der Waals surface area contributed by atoms with E-state index in [1.807, 2.05) is 60.8 Å². The molecular weight excluding hydrogens is 500 g/mol. The molecule has 4 aromatic rings. The molecule has 0 amide bonds. The van der Waals surface area contributed by atoms with Crippen molar-refractivity contribution >= 4 is 48.7 Å². The van der Waals surface area contributed by atoms with Gasteiger partial charge in [0.2, 0.25) is 0 Å². The molecule has 2 aromatic carbocycles. The number of aromatic nitrogens is 1. The summed E-state index contributed by atoms with van der Waals surface area (Å²) in [5.74, 6) is 0.516. The Morgan fingerprint density at radius 1 is 1.14 bits per heavy atom. The van der Waals surface area contributed by atoms with Crippen LogP contribution >= 0.6 is 31.9 Å². The van der Waals surface area contributed by atoms with Gasteiger partial charge in [-0.2, -0.15) is 0 Å². The first-order valence-electron chi connectivity index (χ1n) is 9.06. The number of carboxylic acid groups (broad SMARTS) is 1. The number of H-pyrrole nitrogens is 1. The summed E-state index contributed by atoms with van der Waals surface area (Å²) >= 11 is 6.98. The predicted octanol–water partition coefficient (Wildman–Crippen LogP) is 5.74. The van der Waals surface area contributed by atoms with Gasteiger partial charge in [-0.15, -0.1) is 0 Å². The minimum absolute atomic E-state index is 0.327. The SMILES string of the molecule is O=C(O)[C@@H](Cc1c[nH]c2ccccc12)NCc1ccc(-c2ccc(Br)cc2Br)o1. The minimum Gasteiger partial charge on any atom is -0.480 e. The normalized spacial score (nSPS) is 12.3. The molecule has 0 aliphatic rings. The van der Waals surface area contributed by atoms with Crippen LogP contribution in [0, 0.1) is 0 Å². The van der Waals surface area contributed by atoms with Crippen LogP contribution in [0.1, 0.15) is 11.3 Å². The molecule has 0 aliphatic carbocycles. The first-order chi connectivity index (χ1) is 14.0. The molecule has 0 bridgehead atoms. The average molecular weight is 518 g/mol. The second kappa shape index (κ2) is 8.57. The molecule has 0 aliphatic heterocycles. The number of aromatic amines is 1. The fourth-order valence-electron chi connectivity index (χ4n) is 3.30. The van der Waals surface area contributed by atoms with E-state index in [4.69, 9.17) is 4.42 Å². The van der Waals surface area contributed by atoms with Gasteiger partial charge in [-0.3, -0.25) is 10.1 Å². The van der Waals surface area contributed by atoms with Crippen molar-refractivity contribution in [2.45, 2.75) is 19.0 Å². The molecule has 29 heavy (non-hydrogen) atoms. The lowest BCUT2D eigenvalue weighted by atomic mass is 10.0. The molecule has 0 fully saturated rings. The number of halogens is 2. The highest BCUT2D eigenvalue weighted by atomic mass is 79.9. The van der Waals surface area contributed by atoms with Crippen LogP contribution in [0.4, 0.5) is 0 Å². The maximum atomic E-state index is 11.8. The molecule has 2 heterocycles. The van der Waals surface area contributed by atoms with E-state index < -0.39 is 12.0 Å². The number of rotatable bonds is 7. The number of carboxylic acids is 1. The molecule has 2 aromatic heterocycles. The van der Waals surface area contributed by atoms with E-state index in [1.165, 1.54) is 0 Å². The second-order valence-electron chi connectivity index (χ2n) is 6.73. The molecule has 0 unspecified atom stereocenters. The van der Waals surface area contributed by atoms with Crippen molar-refractivity contribution in [3.8, 4) is 11.3 Å². The zero-order valence-corrected chi connectivity index (χ0v) is 18.5. The van der Waals surface area contributed by atoms with Gasteiger partial charge in [0.15, 0.2) is 0 Å². The van der Waals surface area contributed by atoms with Crippen LogP contribution < -0.4 is 5.32 Å². The molecular formula is C22H18Br2N2O3. The zero-order valence-electron chi connectivity index (χ0n) is 15.3. The van der Waals surface area contributed by atoms with Crippen LogP contribution in [0.15, 0.2) is 74.2 Å². The van der Waals surface area contributed by atoms with Crippen molar-refractivity contribution in [3.05, 3.63) is 81.1 Å². The van der Waals surface area contributed by atoms with Crippen LogP contribution in [0.25, 0.3) is 22.2 Å². The Hall–Kier alpha value is -2.35. The Morgan fingerprint density at radius 3 is 2.76 bits per heavy atom. The van der Waals surface area contributed by atoms with E-state index in [-0.39, 0.29) is 0 Å². The van der Waals surface area contributed by atoms with Gasteiger partial charge in [0.25, 0.3) is 0 Å². The monoisotopic (exact) mass is 516 g/mol. The fourth-order valence-corrected chi connectivity index (χ4v) is 4.54. The number of benzene rings is 2. The van der Waals surface area contributed by atoms with E-state index >= 15 is 0 Å². The van der Waals surface area contributed by atoms with E-state index in [0.717, 1.165) is 36.7 Å². The van der Waals surface area contributed by atoms with Gasteiger partial charge >= 0.3 is 5.97 Å². The lowest BCUT2D eigenvalue weighted by Gasteiger charge is -2.13. The summed E-state index contributed by atoms with van der Waals surface area (Å²) in [6.07, 6.45) is 2.25. The summed E-state index contributed by atoms with van der Waals surface area (Å²) in [6, 6.07) is 16.8. The summed E-state index contributed by atoms with van der Waals surface area (Å²) in [5.41, 5.74) is 2.91. The van der Waals surface area contributed by atoms with Gasteiger partial charge in [0.1, 0.15) is 17.6 Å². The number of hydrogen-bond acceptors (Lipinski definition) is 3. The van der Waals surface area contributed by atoms with Crippen molar-refractivity contribution in [2.24, 2.45) is 0 Å². The highest BCUT2D eigenvalue weighted by Crippen LogP contribution is 2.32. The predicted molar refractivity (Wildman–Crippen MR) is 120 cm³/mol. The fraction of sp³-hybridized carbons (Fsp3) is 0.136. The third-order valence-electron chi connectivity index (χ3n) is 4.78. The second-order valence-corrected chi connectivity index (χ2v) is 8.50. The minimum atomic E-state index is -0.891. The highest BCUT2D eigenvalue weighted by Gasteiger charge is 2.20. The van der Waals surface area contributed by atoms with Crippen molar-refractivity contribution in [1.82, 2.24) is 10.3 Å². The van der Waals surface area contributed by atoms with Gasteiger partial charge in [0.05, 0.1) is 6.54 Å². The maximum absolute atomic E-state index is 11.8. The van der Waals surface area contributed by atoms with E-state index in [0.29, 0.717) is 18.7 Å². The van der Waals surface area contributed by atoms with Crippen LogP contribution in [0.5, 0.6) is 0 Å². The van der Waals surface area contributed by atoms with Gasteiger partial charge in [0, 0.05) is 38.0 Å². The van der Waals surface area contributed by atoms with Crippen molar-refractivity contribution in [1.29, 1.82) is 0 Å². The van der Waals surface area contributed by atoms with Gasteiger partial charge in [-0.25, -0.2) is 0 Å². The number of hydrogen-bond donors (Lipinski definition) is 3. The lowest BCUT2D eigenvalue weighted by Crippen LogP contribution is -2.37. The Bertz CT molecular complexity index is 1170. The number of para-hydroxylation sites is 1. The average Bonchev–Trinajstić information content (AvgIpc) is 3.32. The number of carbonyl (C=O) groups is 1. The Labute approximate surface area is 184 Å². The summed E-state index contributed by atoms with van der Waals surface area (Å²) in [4.78, 5) is 15.0. The van der Waals surface area contributed by atoms with Crippen LogP contribution in [0.2, 0.25) is 0 Å². The van der Waals surface area contributed by atoms with Crippen molar-refractivity contribution < 1.29 is 14.3 Å². The molecule has 7 heteroatoms. The van der Waals surface area contributed by atoms with E-state index in [9.17, 15) is 9.90 Å². The first kappa shape index (κ1) is 19.9. The Morgan fingerprint density at radius 2 is 1.97 bits per heavy atom. The summed E-state index contributed by atoms with van der Waals surface area (Å²) in [6.45, 7) is 0.327. The summed E-state index contributed by atoms with van der Waals surface area (Å²) in [5, 5.41) is 13.8. The molecule has 5 nitrogen and oxygen atoms in total. The number of nitrogens with one attached hydrogen (secondary N) is 2. The molecule has 4 rings (SSSR count). The Kier molecular flexibility index (Phi) is 5.89. The van der Waals surface area contributed by atoms with Crippen LogP contribution in [-0.2, 0) is 17.8 Å². The highest BCUT2D eigenvalue weighted by molar-refractivity contribution is 9.11. The number of fused-ring (bicyclic) bond motifs is 1. The zero-order chi connectivity index (χ0) is 20.4. The van der Waals surface area contributed by atoms with Gasteiger partial charge in [-0.05, 0) is 57.9 Å². The van der Waals surface area contributed by atoms with E-state index in [1.54, 1.807) is 0 Å².